The molecule has 2 aromatic heterocycles. The maximum absolute atomic E-state index is 5.75. The maximum atomic E-state index is 5.75. The summed E-state index contributed by atoms with van der Waals surface area (Å²) in [7, 11) is 1.59. The second-order valence-corrected chi connectivity index (χ2v) is 4.07. The predicted molar refractivity (Wildman–Crippen MR) is 69.9 cm³/mol. The number of methoxy groups -OCH3 is 1. The number of aryl methyl sites for hydroxylation is 1. The van der Waals surface area contributed by atoms with E-state index in [0.717, 1.165) is 16.9 Å². The Morgan fingerprint density at radius 3 is 3.00 bits per heavy atom. The first kappa shape index (κ1) is 12.6. The van der Waals surface area contributed by atoms with Crippen LogP contribution in [0.2, 0.25) is 5.28 Å². The minimum Gasteiger partial charge on any atom is -0.481 e. The summed E-state index contributed by atoms with van der Waals surface area (Å²) in [5.41, 5.74) is 2.00. The molecule has 0 spiro atoms. The lowest BCUT2D eigenvalue weighted by Crippen LogP contribution is -2.04. The van der Waals surface area contributed by atoms with Gasteiger partial charge in [-0.05, 0) is 30.2 Å². The average molecular weight is 265 g/mol. The van der Waals surface area contributed by atoms with Crippen molar-refractivity contribution >= 4 is 17.4 Å². The third-order valence-electron chi connectivity index (χ3n) is 2.41. The van der Waals surface area contributed by atoms with E-state index in [0.29, 0.717) is 12.4 Å². The quantitative estimate of drug-likeness (QED) is 0.860. The molecule has 2 heterocycles. The highest BCUT2D eigenvalue weighted by Gasteiger charge is 2.03. The van der Waals surface area contributed by atoms with E-state index < -0.39 is 0 Å². The summed E-state index contributed by atoms with van der Waals surface area (Å²) >= 11 is 5.75. The number of hydrogen-bond donors (Lipinski definition) is 1. The van der Waals surface area contributed by atoms with Gasteiger partial charge in [0.05, 0.1) is 7.11 Å². The van der Waals surface area contributed by atoms with Crippen LogP contribution in [0.5, 0.6) is 5.88 Å². The number of nitrogens with zero attached hydrogens (tertiary/aromatic N) is 3. The van der Waals surface area contributed by atoms with Gasteiger partial charge in [0.25, 0.3) is 0 Å². The van der Waals surface area contributed by atoms with Gasteiger partial charge in [-0.3, -0.25) is 0 Å². The first-order chi connectivity index (χ1) is 8.69. The van der Waals surface area contributed by atoms with Crippen LogP contribution in [0.3, 0.4) is 0 Å². The lowest BCUT2D eigenvalue weighted by Gasteiger charge is -2.08. The average Bonchev–Trinajstić information content (AvgIpc) is 2.40. The molecule has 18 heavy (non-hydrogen) atoms. The molecule has 6 heteroatoms. The normalized spacial score (nSPS) is 10.2. The van der Waals surface area contributed by atoms with E-state index in [1.54, 1.807) is 19.5 Å². The van der Waals surface area contributed by atoms with Crippen molar-refractivity contribution in [3.05, 3.63) is 40.9 Å². The van der Waals surface area contributed by atoms with Gasteiger partial charge in [-0.1, -0.05) is 0 Å². The summed E-state index contributed by atoms with van der Waals surface area (Å²) in [5, 5.41) is 3.43. The van der Waals surface area contributed by atoms with Crippen LogP contribution in [0, 0.1) is 6.92 Å². The molecule has 0 fully saturated rings. The summed E-state index contributed by atoms with van der Waals surface area (Å²) < 4.78 is 5.06. The number of rotatable bonds is 4. The number of halogens is 1. The van der Waals surface area contributed by atoms with Crippen LogP contribution in [0.25, 0.3) is 0 Å². The fourth-order valence-corrected chi connectivity index (χ4v) is 1.59. The molecule has 0 unspecified atom stereocenters. The van der Waals surface area contributed by atoms with Crippen molar-refractivity contribution in [2.45, 2.75) is 13.5 Å². The van der Waals surface area contributed by atoms with Gasteiger partial charge in [0.2, 0.25) is 11.2 Å². The van der Waals surface area contributed by atoms with Crippen molar-refractivity contribution < 1.29 is 4.74 Å². The van der Waals surface area contributed by atoms with Crippen LogP contribution in [0.15, 0.2) is 24.5 Å². The summed E-state index contributed by atoms with van der Waals surface area (Å²) in [6.07, 6.45) is 3.39. The Labute approximate surface area is 110 Å². The third-order valence-corrected chi connectivity index (χ3v) is 2.59. The minimum absolute atomic E-state index is 0.232. The highest BCUT2D eigenvalue weighted by molar-refractivity contribution is 6.28. The summed E-state index contributed by atoms with van der Waals surface area (Å²) in [4.78, 5) is 12.1. The summed E-state index contributed by atoms with van der Waals surface area (Å²) in [5.74, 6) is 1.32. The zero-order valence-corrected chi connectivity index (χ0v) is 10.9. The van der Waals surface area contributed by atoms with Crippen molar-refractivity contribution in [2.75, 3.05) is 12.4 Å². The van der Waals surface area contributed by atoms with E-state index in [1.807, 2.05) is 19.1 Å². The number of ether oxygens (including phenoxy) is 1. The topological polar surface area (TPSA) is 59.9 Å². The second-order valence-electron chi connectivity index (χ2n) is 3.73. The Kier molecular flexibility index (Phi) is 3.94. The minimum atomic E-state index is 0.232. The van der Waals surface area contributed by atoms with Crippen molar-refractivity contribution in [3.8, 4) is 5.88 Å². The Morgan fingerprint density at radius 1 is 1.39 bits per heavy atom. The van der Waals surface area contributed by atoms with Crippen molar-refractivity contribution in [1.82, 2.24) is 15.0 Å². The van der Waals surface area contributed by atoms with Crippen LogP contribution >= 0.6 is 11.6 Å². The van der Waals surface area contributed by atoms with E-state index in [4.69, 9.17) is 16.3 Å². The molecular weight excluding hydrogens is 252 g/mol. The molecule has 0 amide bonds. The molecule has 0 bridgehead atoms. The molecule has 2 rings (SSSR count). The lowest BCUT2D eigenvalue weighted by molar-refractivity contribution is 0.397. The molecular formula is C12H13ClN4O. The van der Waals surface area contributed by atoms with E-state index in [2.05, 4.69) is 20.3 Å². The molecule has 5 nitrogen and oxygen atoms in total. The molecule has 0 saturated carbocycles. The number of hydrogen-bond acceptors (Lipinski definition) is 5. The third kappa shape index (κ3) is 3.07. The van der Waals surface area contributed by atoms with E-state index in [1.165, 1.54) is 0 Å². The fraction of sp³-hybridized carbons (Fsp3) is 0.250. The zero-order valence-electron chi connectivity index (χ0n) is 10.1. The second kappa shape index (κ2) is 5.64. The molecule has 94 valence electrons. The van der Waals surface area contributed by atoms with Gasteiger partial charge in [0, 0.05) is 30.6 Å². The van der Waals surface area contributed by atoms with Crippen molar-refractivity contribution in [2.24, 2.45) is 0 Å². The van der Waals surface area contributed by atoms with Gasteiger partial charge in [-0.25, -0.2) is 15.0 Å². The van der Waals surface area contributed by atoms with Crippen LogP contribution in [-0.4, -0.2) is 22.1 Å². The molecule has 0 aromatic carbocycles. The molecule has 0 radical (unpaired) electrons. The van der Waals surface area contributed by atoms with Crippen LogP contribution in [0.4, 0.5) is 5.82 Å². The lowest BCUT2D eigenvalue weighted by atomic mass is 10.2. The smallest absolute Gasteiger partial charge is 0.224 e. The fourth-order valence-electron chi connectivity index (χ4n) is 1.46. The zero-order chi connectivity index (χ0) is 13.0. The number of aromatic nitrogens is 3. The van der Waals surface area contributed by atoms with Crippen LogP contribution in [-0.2, 0) is 6.54 Å². The Balaban J connectivity index is 2.08. The maximum Gasteiger partial charge on any atom is 0.224 e. The molecule has 0 aliphatic carbocycles. The largest absolute Gasteiger partial charge is 0.481 e. The number of anilines is 1. The van der Waals surface area contributed by atoms with E-state index in [-0.39, 0.29) is 5.28 Å². The van der Waals surface area contributed by atoms with Gasteiger partial charge in [0.1, 0.15) is 5.82 Å². The number of nitrogens with one attached hydrogen (secondary N) is 1. The van der Waals surface area contributed by atoms with Crippen molar-refractivity contribution in [1.29, 1.82) is 0 Å². The standard InChI is InChI=1S/C12H13ClN4O/c1-8-6-16-12(13)17-11(8)15-7-9-3-4-14-10(5-9)18-2/h3-6H,7H2,1-2H3,(H,15,16,17). The molecule has 1 N–H and O–H groups in total. The Morgan fingerprint density at radius 2 is 2.22 bits per heavy atom. The highest BCUT2D eigenvalue weighted by Crippen LogP contribution is 2.15. The molecule has 2 aromatic rings. The Bertz CT molecular complexity index is 547. The monoisotopic (exact) mass is 264 g/mol. The molecule has 0 atom stereocenters. The van der Waals surface area contributed by atoms with Crippen LogP contribution < -0.4 is 10.1 Å². The SMILES string of the molecule is COc1cc(CNc2nc(Cl)ncc2C)ccn1. The summed E-state index contributed by atoms with van der Waals surface area (Å²) in [6.45, 7) is 2.54. The van der Waals surface area contributed by atoms with Gasteiger partial charge in [0.15, 0.2) is 0 Å². The van der Waals surface area contributed by atoms with Gasteiger partial charge >= 0.3 is 0 Å². The number of pyridine rings is 1. The van der Waals surface area contributed by atoms with E-state index in [9.17, 15) is 0 Å². The predicted octanol–water partition coefficient (Wildman–Crippen LogP) is 2.45. The van der Waals surface area contributed by atoms with Gasteiger partial charge < -0.3 is 10.1 Å². The van der Waals surface area contributed by atoms with Crippen molar-refractivity contribution in [3.63, 3.8) is 0 Å². The highest BCUT2D eigenvalue weighted by atomic mass is 35.5. The van der Waals surface area contributed by atoms with Gasteiger partial charge in [-0.15, -0.1) is 0 Å². The van der Waals surface area contributed by atoms with Gasteiger partial charge in [-0.2, -0.15) is 0 Å². The van der Waals surface area contributed by atoms with E-state index >= 15 is 0 Å². The first-order valence-electron chi connectivity index (χ1n) is 5.41. The Hall–Kier alpha value is -1.88. The molecule has 0 aliphatic rings. The first-order valence-corrected chi connectivity index (χ1v) is 5.79. The van der Waals surface area contributed by atoms with Crippen LogP contribution in [0.1, 0.15) is 11.1 Å². The molecule has 0 saturated heterocycles. The summed E-state index contributed by atoms with van der Waals surface area (Å²) in [6, 6.07) is 3.78. The molecule has 0 aliphatic heterocycles.